The first kappa shape index (κ1) is 18.2. The quantitative estimate of drug-likeness (QED) is 0.588. The van der Waals surface area contributed by atoms with E-state index in [4.69, 9.17) is 9.15 Å². The molecule has 1 saturated heterocycles. The Morgan fingerprint density at radius 1 is 1.10 bits per heavy atom. The molecule has 1 fully saturated rings. The monoisotopic (exact) mass is 400 g/mol. The van der Waals surface area contributed by atoms with Gasteiger partial charge in [-0.25, -0.2) is 4.79 Å². The first-order valence-corrected chi connectivity index (χ1v) is 9.91. The van der Waals surface area contributed by atoms with Crippen LogP contribution in [-0.4, -0.2) is 63.0 Å². The molecule has 0 atom stereocenters. The van der Waals surface area contributed by atoms with Gasteiger partial charge in [0.1, 0.15) is 5.76 Å². The van der Waals surface area contributed by atoms with Crippen molar-refractivity contribution in [3.8, 4) is 0 Å². The summed E-state index contributed by atoms with van der Waals surface area (Å²) in [6, 6.07) is 3.77. The Morgan fingerprint density at radius 3 is 2.69 bits per heavy atom. The van der Waals surface area contributed by atoms with Crippen LogP contribution in [-0.2, 0) is 31.4 Å². The van der Waals surface area contributed by atoms with Crippen LogP contribution in [0.5, 0.6) is 0 Å². The number of ether oxygens (including phenoxy) is 1. The van der Waals surface area contributed by atoms with E-state index < -0.39 is 0 Å². The van der Waals surface area contributed by atoms with Gasteiger partial charge in [0.2, 0.25) is 5.95 Å². The molecule has 154 valence electrons. The molecule has 0 saturated carbocycles. The minimum atomic E-state index is -0.329. The number of aryl methyl sites for hydroxylation is 1. The molecule has 5 rings (SSSR count). The second kappa shape index (κ2) is 7.20. The molecule has 0 spiro atoms. The molecule has 0 bridgehead atoms. The lowest BCUT2D eigenvalue weighted by Gasteiger charge is -2.26. The molecule has 29 heavy (non-hydrogen) atoms. The number of fused-ring (bicyclic) bond motifs is 3. The third kappa shape index (κ3) is 3.08. The fourth-order valence-corrected chi connectivity index (χ4v) is 4.14. The first-order valence-electron chi connectivity index (χ1n) is 9.91. The van der Waals surface area contributed by atoms with Crippen molar-refractivity contribution < 1.29 is 9.15 Å². The number of aromatic nitrogens is 4. The lowest BCUT2D eigenvalue weighted by Crippen LogP contribution is -2.44. The van der Waals surface area contributed by atoms with Crippen LogP contribution in [0.4, 0.5) is 5.95 Å². The molecule has 0 radical (unpaired) electrons. The highest BCUT2D eigenvalue weighted by molar-refractivity contribution is 5.75. The van der Waals surface area contributed by atoms with Gasteiger partial charge in [0.05, 0.1) is 26.0 Å². The fraction of sp³-hybridized carbons (Fsp3) is 0.526. The Morgan fingerprint density at radius 2 is 1.93 bits per heavy atom. The van der Waals surface area contributed by atoms with Gasteiger partial charge in [0, 0.05) is 46.3 Å². The van der Waals surface area contributed by atoms with Crippen molar-refractivity contribution in [3.05, 3.63) is 45.0 Å². The molecule has 0 aromatic carbocycles. The first-order chi connectivity index (χ1) is 14.1. The topological polar surface area (TPSA) is 90.7 Å². The van der Waals surface area contributed by atoms with Gasteiger partial charge in [-0.05, 0) is 12.1 Å². The second-order valence-corrected chi connectivity index (χ2v) is 7.49. The van der Waals surface area contributed by atoms with Crippen LogP contribution < -0.4 is 16.1 Å². The Labute approximate surface area is 166 Å². The zero-order valence-corrected chi connectivity index (χ0v) is 16.4. The zero-order valence-electron chi connectivity index (χ0n) is 16.4. The van der Waals surface area contributed by atoms with E-state index in [0.717, 1.165) is 25.4 Å². The van der Waals surface area contributed by atoms with Gasteiger partial charge in [-0.1, -0.05) is 0 Å². The molecule has 3 aromatic rings. The smallest absolute Gasteiger partial charge is 0.332 e. The van der Waals surface area contributed by atoms with E-state index >= 15 is 0 Å². The van der Waals surface area contributed by atoms with Crippen LogP contribution in [0.2, 0.25) is 0 Å². The third-order valence-corrected chi connectivity index (χ3v) is 5.76. The van der Waals surface area contributed by atoms with Crippen LogP contribution in [0.15, 0.2) is 32.4 Å². The molecule has 10 nitrogen and oxygen atoms in total. The van der Waals surface area contributed by atoms with Crippen LogP contribution in [0.25, 0.3) is 11.2 Å². The number of nitrogens with zero attached hydrogens (tertiary/aromatic N) is 6. The number of furan rings is 1. The summed E-state index contributed by atoms with van der Waals surface area (Å²) < 4.78 is 15.5. The standard InChI is InChI=1S/C19H24N6O4/c1-21-16-15(17(26)25(19(21)27)6-4-22-8-11-28-12-9-22)24-7-5-23(18(24)20-16)13-14-3-2-10-29-14/h2-3,10H,4-9,11-13H2,1H3. The maximum Gasteiger partial charge on any atom is 0.332 e. The van der Waals surface area contributed by atoms with Gasteiger partial charge in [-0.3, -0.25) is 18.8 Å². The minimum Gasteiger partial charge on any atom is -0.467 e. The summed E-state index contributed by atoms with van der Waals surface area (Å²) in [5.41, 5.74) is 0.327. The van der Waals surface area contributed by atoms with Crippen molar-refractivity contribution in [1.29, 1.82) is 0 Å². The molecular weight excluding hydrogens is 376 g/mol. The molecule has 5 heterocycles. The van der Waals surface area contributed by atoms with Gasteiger partial charge in [-0.15, -0.1) is 0 Å². The van der Waals surface area contributed by atoms with Crippen molar-refractivity contribution in [2.24, 2.45) is 7.05 Å². The Balaban J connectivity index is 1.50. The minimum absolute atomic E-state index is 0.269. The summed E-state index contributed by atoms with van der Waals surface area (Å²) in [4.78, 5) is 35.0. The van der Waals surface area contributed by atoms with E-state index in [2.05, 4.69) is 14.8 Å². The van der Waals surface area contributed by atoms with Gasteiger partial charge in [-0.2, -0.15) is 4.98 Å². The lowest BCUT2D eigenvalue weighted by atomic mass is 10.4. The number of morpholine rings is 1. The summed E-state index contributed by atoms with van der Waals surface area (Å²) >= 11 is 0. The SMILES string of the molecule is Cn1c(=O)n(CCN2CCOCC2)c(=O)c2c1nc1n2CCN1Cc1ccco1. The summed E-state index contributed by atoms with van der Waals surface area (Å²) in [7, 11) is 1.68. The number of hydrogen-bond donors (Lipinski definition) is 0. The molecular formula is C19H24N6O4. The Bertz CT molecular complexity index is 1140. The Hall–Kier alpha value is -2.85. The van der Waals surface area contributed by atoms with Gasteiger partial charge < -0.3 is 18.6 Å². The van der Waals surface area contributed by atoms with Crippen molar-refractivity contribution >= 4 is 17.1 Å². The van der Waals surface area contributed by atoms with Crippen molar-refractivity contribution in [2.75, 3.05) is 44.3 Å². The van der Waals surface area contributed by atoms with Gasteiger partial charge in [0.15, 0.2) is 11.2 Å². The molecule has 2 aliphatic heterocycles. The molecule has 3 aromatic heterocycles. The average Bonchev–Trinajstić information content (AvgIpc) is 3.45. The normalized spacial score (nSPS) is 17.3. The molecule has 10 heteroatoms. The average molecular weight is 400 g/mol. The molecule has 0 unspecified atom stereocenters. The zero-order chi connectivity index (χ0) is 20.0. The van der Waals surface area contributed by atoms with Crippen LogP contribution in [0.3, 0.4) is 0 Å². The maximum atomic E-state index is 13.2. The van der Waals surface area contributed by atoms with Crippen molar-refractivity contribution in [1.82, 2.24) is 23.6 Å². The highest BCUT2D eigenvalue weighted by Crippen LogP contribution is 2.26. The van der Waals surface area contributed by atoms with E-state index in [0.29, 0.717) is 56.5 Å². The fourth-order valence-electron chi connectivity index (χ4n) is 4.14. The number of rotatable bonds is 5. The Kier molecular flexibility index (Phi) is 4.51. The second-order valence-electron chi connectivity index (χ2n) is 7.49. The number of anilines is 1. The molecule has 2 aliphatic rings. The molecule has 0 amide bonds. The van der Waals surface area contributed by atoms with Crippen LogP contribution in [0, 0.1) is 0 Å². The number of imidazole rings is 1. The van der Waals surface area contributed by atoms with Gasteiger partial charge >= 0.3 is 5.69 Å². The highest BCUT2D eigenvalue weighted by Gasteiger charge is 2.28. The maximum absolute atomic E-state index is 13.2. The summed E-state index contributed by atoms with van der Waals surface area (Å²) in [6.07, 6.45) is 1.64. The van der Waals surface area contributed by atoms with E-state index in [1.54, 1.807) is 13.3 Å². The predicted molar refractivity (Wildman–Crippen MR) is 106 cm³/mol. The third-order valence-electron chi connectivity index (χ3n) is 5.76. The van der Waals surface area contributed by atoms with Crippen molar-refractivity contribution in [2.45, 2.75) is 19.6 Å². The number of hydrogen-bond acceptors (Lipinski definition) is 7. The van der Waals surface area contributed by atoms with Gasteiger partial charge in [0.25, 0.3) is 5.56 Å². The van der Waals surface area contributed by atoms with E-state index in [1.165, 1.54) is 9.13 Å². The van der Waals surface area contributed by atoms with Crippen molar-refractivity contribution in [3.63, 3.8) is 0 Å². The largest absolute Gasteiger partial charge is 0.467 e. The predicted octanol–water partition coefficient (Wildman–Crippen LogP) is -0.158. The lowest BCUT2D eigenvalue weighted by molar-refractivity contribution is 0.0361. The van der Waals surface area contributed by atoms with Crippen LogP contribution >= 0.6 is 0 Å². The summed E-state index contributed by atoms with van der Waals surface area (Å²) in [5.74, 6) is 1.54. The van der Waals surface area contributed by atoms with E-state index in [-0.39, 0.29) is 11.2 Å². The van der Waals surface area contributed by atoms with Crippen LogP contribution in [0.1, 0.15) is 5.76 Å². The highest BCUT2D eigenvalue weighted by atomic mass is 16.5. The summed E-state index contributed by atoms with van der Waals surface area (Å²) in [5, 5.41) is 0. The summed E-state index contributed by atoms with van der Waals surface area (Å²) in [6.45, 7) is 6.01. The van der Waals surface area contributed by atoms with E-state index in [1.807, 2.05) is 16.7 Å². The molecule has 0 aliphatic carbocycles. The molecule has 0 N–H and O–H groups in total. The van der Waals surface area contributed by atoms with E-state index in [9.17, 15) is 9.59 Å².